The van der Waals surface area contributed by atoms with Crippen LogP contribution in [0, 0.1) is 29.6 Å². The van der Waals surface area contributed by atoms with Crippen molar-refractivity contribution in [2.45, 2.75) is 84.5 Å². The summed E-state index contributed by atoms with van der Waals surface area (Å²) in [6.07, 6.45) is 5.28. The molecule has 170 valence electrons. The molecule has 2 aliphatic carbocycles. The highest BCUT2D eigenvalue weighted by molar-refractivity contribution is 5.72. The summed E-state index contributed by atoms with van der Waals surface area (Å²) in [5.41, 5.74) is 1.07. The van der Waals surface area contributed by atoms with Gasteiger partial charge in [-0.1, -0.05) is 45.9 Å². The molecule has 8 atom stereocenters. The summed E-state index contributed by atoms with van der Waals surface area (Å²) in [6, 6.07) is 0. The number of allylic oxidation sites excluding steroid dienone is 3. The van der Waals surface area contributed by atoms with Gasteiger partial charge >= 0.3 is 11.9 Å². The third kappa shape index (κ3) is 6.67. The molecule has 6 nitrogen and oxygen atoms in total. The minimum Gasteiger partial charge on any atom is -0.481 e. The largest absolute Gasteiger partial charge is 0.481 e. The van der Waals surface area contributed by atoms with Gasteiger partial charge in [0.15, 0.2) is 0 Å². The van der Waals surface area contributed by atoms with Crippen LogP contribution in [0.3, 0.4) is 0 Å². The lowest BCUT2D eigenvalue weighted by Gasteiger charge is -2.43. The number of carboxylic acids is 1. The van der Waals surface area contributed by atoms with Gasteiger partial charge in [-0.2, -0.15) is 0 Å². The smallest absolute Gasteiger partial charge is 0.308 e. The summed E-state index contributed by atoms with van der Waals surface area (Å²) in [5, 5.41) is 29.0. The number of aliphatic carboxylic acids is 1. The molecule has 6 heteroatoms. The quantitative estimate of drug-likeness (QED) is 0.461. The van der Waals surface area contributed by atoms with E-state index < -0.39 is 49.4 Å². The number of aliphatic hydroxyl groups excluding tert-OH is 2. The standard InChI is InChI=1S/C24H38O6/c1-5-15(3)24(29)30-21-11-14(2)10-17-7-6-16(4)20(23(17)21)9-8-18(25)12-19(26)13-22(27)28/h6-7,10,14-16,18-21,23,25-26H,5,8-9,11-13H2,1-4H3,(H,27,28)/t14-,15+,16-,18+,19+,20-,21-,23-/m1/s1/i3D3. The average Bonchev–Trinajstić information content (AvgIpc) is 2.65. The molecule has 2 aliphatic rings. The summed E-state index contributed by atoms with van der Waals surface area (Å²) in [7, 11) is 0. The molecule has 0 fully saturated rings. The zero-order valence-electron chi connectivity index (χ0n) is 21.2. The number of rotatable bonds is 10. The molecule has 0 heterocycles. The topological polar surface area (TPSA) is 104 Å². The number of carbonyl (C=O) groups is 2. The number of carboxylic acid groups (broad SMARTS) is 1. The Morgan fingerprint density at radius 3 is 2.67 bits per heavy atom. The van der Waals surface area contributed by atoms with Gasteiger partial charge < -0.3 is 20.1 Å². The predicted octanol–water partition coefficient (Wildman–Crippen LogP) is 3.72. The first kappa shape index (κ1) is 20.3. The minimum atomic E-state index is -2.41. The van der Waals surface area contributed by atoms with Crippen LogP contribution in [0.4, 0.5) is 0 Å². The zero-order chi connectivity index (χ0) is 24.9. The molecule has 0 bridgehead atoms. The average molecular weight is 426 g/mol. The van der Waals surface area contributed by atoms with Crippen LogP contribution in [-0.4, -0.2) is 45.6 Å². The SMILES string of the molecule is [2H]C([2H])([2H])[C@@H](CC)C(=O)O[C@@H]1C[C@H](C)C=C2C=C[C@@H](C)[C@@H](CC[C@H](O)C[C@H](O)CC(=O)O)[C@@H]21. The van der Waals surface area contributed by atoms with E-state index in [4.69, 9.17) is 14.0 Å². The summed E-state index contributed by atoms with van der Waals surface area (Å²) in [6.45, 7) is 3.36. The van der Waals surface area contributed by atoms with Crippen molar-refractivity contribution in [3.05, 3.63) is 23.8 Å². The predicted molar refractivity (Wildman–Crippen MR) is 115 cm³/mol. The number of carbonyl (C=O) groups excluding carboxylic acids is 1. The highest BCUT2D eigenvalue weighted by Crippen LogP contribution is 2.45. The number of aliphatic hydroxyl groups is 2. The zero-order valence-corrected chi connectivity index (χ0v) is 18.2. The monoisotopic (exact) mass is 425 g/mol. The molecule has 0 saturated heterocycles. The van der Waals surface area contributed by atoms with Crippen molar-refractivity contribution in [3.8, 4) is 0 Å². The second kappa shape index (κ2) is 11.1. The molecule has 0 aliphatic heterocycles. The fourth-order valence-electron chi connectivity index (χ4n) is 4.72. The van der Waals surface area contributed by atoms with E-state index in [2.05, 4.69) is 25.2 Å². The van der Waals surface area contributed by atoms with Crippen molar-refractivity contribution in [1.29, 1.82) is 0 Å². The lowest BCUT2D eigenvalue weighted by Crippen LogP contribution is -2.41. The molecule has 0 unspecified atom stereocenters. The van der Waals surface area contributed by atoms with E-state index in [0.29, 0.717) is 19.3 Å². The van der Waals surface area contributed by atoms with E-state index in [9.17, 15) is 19.8 Å². The van der Waals surface area contributed by atoms with Crippen LogP contribution in [0.5, 0.6) is 0 Å². The Hall–Kier alpha value is -1.66. The fraction of sp³-hybridized carbons (Fsp3) is 0.750. The normalized spacial score (nSPS) is 33.2. The van der Waals surface area contributed by atoms with Crippen LogP contribution in [0.2, 0.25) is 0 Å². The lowest BCUT2D eigenvalue weighted by molar-refractivity contribution is -0.158. The molecular weight excluding hydrogens is 384 g/mol. The molecule has 3 N–H and O–H groups in total. The minimum absolute atomic E-state index is 0.0111. The molecule has 0 amide bonds. The number of hydrogen-bond acceptors (Lipinski definition) is 5. The Bertz CT molecular complexity index is 747. The summed E-state index contributed by atoms with van der Waals surface area (Å²) < 4.78 is 28.9. The summed E-state index contributed by atoms with van der Waals surface area (Å²) >= 11 is 0. The molecule has 0 spiro atoms. The Balaban J connectivity index is 2.15. The Kier molecular flexibility index (Phi) is 7.49. The Morgan fingerprint density at radius 1 is 1.30 bits per heavy atom. The van der Waals surface area contributed by atoms with Crippen LogP contribution in [0.15, 0.2) is 23.8 Å². The van der Waals surface area contributed by atoms with Gasteiger partial charge in [0.05, 0.1) is 24.5 Å². The third-order valence-electron chi connectivity index (χ3n) is 6.34. The van der Waals surface area contributed by atoms with Crippen LogP contribution in [0.1, 0.15) is 70.3 Å². The Labute approximate surface area is 184 Å². The van der Waals surface area contributed by atoms with E-state index in [0.717, 1.165) is 5.57 Å². The van der Waals surface area contributed by atoms with E-state index in [1.165, 1.54) is 0 Å². The maximum absolute atomic E-state index is 12.8. The molecule has 30 heavy (non-hydrogen) atoms. The first-order chi connectivity index (χ1) is 15.3. The van der Waals surface area contributed by atoms with Gasteiger partial charge in [0, 0.05) is 10.0 Å². The van der Waals surface area contributed by atoms with Gasteiger partial charge in [0.1, 0.15) is 6.10 Å². The van der Waals surface area contributed by atoms with Crippen molar-refractivity contribution >= 4 is 11.9 Å². The first-order valence-corrected chi connectivity index (χ1v) is 11.0. The maximum Gasteiger partial charge on any atom is 0.308 e. The second-order valence-corrected chi connectivity index (χ2v) is 8.94. The highest BCUT2D eigenvalue weighted by Gasteiger charge is 2.41. The van der Waals surface area contributed by atoms with Crippen molar-refractivity contribution in [2.75, 3.05) is 0 Å². The number of fused-ring (bicyclic) bond motifs is 1. The molecular formula is C24H38O6. The number of hydrogen-bond donors (Lipinski definition) is 3. The van der Waals surface area contributed by atoms with E-state index in [-0.39, 0.29) is 36.5 Å². The summed E-state index contributed by atoms with van der Waals surface area (Å²) in [4.78, 5) is 23.5. The first-order valence-electron chi connectivity index (χ1n) is 12.5. The van der Waals surface area contributed by atoms with E-state index in [1.807, 2.05) is 6.92 Å². The van der Waals surface area contributed by atoms with Crippen LogP contribution >= 0.6 is 0 Å². The fourth-order valence-corrected chi connectivity index (χ4v) is 4.72. The van der Waals surface area contributed by atoms with Gasteiger partial charge in [-0.15, -0.1) is 0 Å². The van der Waals surface area contributed by atoms with Crippen molar-refractivity contribution in [1.82, 2.24) is 0 Å². The van der Waals surface area contributed by atoms with Crippen LogP contribution < -0.4 is 0 Å². The van der Waals surface area contributed by atoms with Gasteiger partial charge in [0.25, 0.3) is 0 Å². The van der Waals surface area contributed by atoms with E-state index >= 15 is 0 Å². The van der Waals surface area contributed by atoms with Crippen molar-refractivity contribution in [2.24, 2.45) is 29.6 Å². The third-order valence-corrected chi connectivity index (χ3v) is 6.34. The van der Waals surface area contributed by atoms with Gasteiger partial charge in [-0.3, -0.25) is 9.59 Å². The van der Waals surface area contributed by atoms with Crippen LogP contribution in [0.25, 0.3) is 0 Å². The highest BCUT2D eigenvalue weighted by atomic mass is 16.5. The second-order valence-electron chi connectivity index (χ2n) is 8.94. The molecule has 0 aromatic carbocycles. The van der Waals surface area contributed by atoms with Gasteiger partial charge in [0.2, 0.25) is 0 Å². The Morgan fingerprint density at radius 2 is 2.03 bits per heavy atom. The van der Waals surface area contributed by atoms with Gasteiger partial charge in [-0.25, -0.2) is 0 Å². The maximum atomic E-state index is 12.8. The molecule has 0 aromatic rings. The van der Waals surface area contributed by atoms with Crippen molar-refractivity contribution in [3.63, 3.8) is 0 Å². The lowest BCUT2D eigenvalue weighted by atomic mass is 9.65. The molecule has 0 aromatic heterocycles. The molecule has 2 rings (SSSR count). The van der Waals surface area contributed by atoms with E-state index in [1.54, 1.807) is 6.92 Å². The number of esters is 1. The van der Waals surface area contributed by atoms with Crippen LogP contribution in [-0.2, 0) is 14.3 Å². The number of ether oxygens (including phenoxy) is 1. The van der Waals surface area contributed by atoms with Gasteiger partial charge in [-0.05, 0) is 55.4 Å². The van der Waals surface area contributed by atoms with Crippen molar-refractivity contribution < 1.29 is 33.8 Å². The molecule has 0 saturated carbocycles. The molecule has 0 radical (unpaired) electrons. The summed E-state index contributed by atoms with van der Waals surface area (Å²) in [5.74, 6) is -2.66.